The van der Waals surface area contributed by atoms with Crippen LogP contribution < -0.4 is 0 Å². The van der Waals surface area contributed by atoms with Crippen molar-refractivity contribution in [1.29, 1.82) is 0 Å². The minimum Gasteiger partial charge on any atom is -0.465 e. The molecule has 0 bridgehead atoms. The number of fused-ring (bicyclic) bond motifs is 1. The number of nitrogens with zero attached hydrogens (tertiary/aromatic N) is 2. The molecule has 0 unspecified atom stereocenters. The number of carbonyl (C=O) groups is 1. The highest BCUT2D eigenvalue weighted by Crippen LogP contribution is 2.27. The minimum absolute atomic E-state index is 0.349. The molecule has 0 amide bonds. The van der Waals surface area contributed by atoms with Gasteiger partial charge in [0.25, 0.3) is 0 Å². The Hall–Kier alpha value is -1.40. The summed E-state index contributed by atoms with van der Waals surface area (Å²) in [5.41, 5.74) is 1.39. The van der Waals surface area contributed by atoms with Crippen molar-refractivity contribution in [2.45, 2.75) is 18.9 Å². The molecule has 1 aliphatic rings. The summed E-state index contributed by atoms with van der Waals surface area (Å²) in [6.07, 6.45) is 3.93. The van der Waals surface area contributed by atoms with E-state index in [1.165, 1.54) is 7.11 Å². The molecule has 2 heterocycles. The molecule has 20 heavy (non-hydrogen) atoms. The average molecular weight is 339 g/mol. The van der Waals surface area contributed by atoms with Gasteiger partial charge in [0, 0.05) is 29.3 Å². The van der Waals surface area contributed by atoms with Crippen LogP contribution in [-0.4, -0.2) is 36.1 Å². The van der Waals surface area contributed by atoms with Gasteiger partial charge in [-0.3, -0.25) is 4.68 Å². The molecule has 0 atom stereocenters. The summed E-state index contributed by atoms with van der Waals surface area (Å²) in [7, 11) is 1.38. The van der Waals surface area contributed by atoms with E-state index in [4.69, 9.17) is 9.47 Å². The lowest BCUT2D eigenvalue weighted by Crippen LogP contribution is -2.19. The summed E-state index contributed by atoms with van der Waals surface area (Å²) in [5.74, 6) is -0.349. The second kappa shape index (κ2) is 5.54. The topological polar surface area (TPSA) is 53.4 Å². The molecule has 0 radical (unpaired) electrons. The Morgan fingerprint density at radius 2 is 2.20 bits per heavy atom. The molecule has 3 rings (SSSR count). The largest absolute Gasteiger partial charge is 0.465 e. The van der Waals surface area contributed by atoms with Crippen LogP contribution in [-0.2, 0) is 9.47 Å². The van der Waals surface area contributed by atoms with E-state index in [0.717, 1.165) is 37.0 Å². The fourth-order valence-electron chi connectivity index (χ4n) is 2.47. The number of benzene rings is 1. The van der Waals surface area contributed by atoms with Gasteiger partial charge >= 0.3 is 5.97 Å². The van der Waals surface area contributed by atoms with E-state index in [0.29, 0.717) is 16.1 Å². The molecular formula is C14H15BrN2O3. The van der Waals surface area contributed by atoms with E-state index < -0.39 is 0 Å². The Labute approximate surface area is 125 Å². The first kappa shape index (κ1) is 13.6. The maximum absolute atomic E-state index is 11.7. The van der Waals surface area contributed by atoms with E-state index in [1.54, 1.807) is 0 Å². The quantitative estimate of drug-likeness (QED) is 0.790. The number of esters is 1. The molecule has 0 N–H and O–H groups in total. The van der Waals surface area contributed by atoms with Crippen LogP contribution in [0.15, 0.2) is 22.8 Å². The van der Waals surface area contributed by atoms with Crippen molar-refractivity contribution < 1.29 is 14.3 Å². The van der Waals surface area contributed by atoms with E-state index in [2.05, 4.69) is 21.0 Å². The first-order chi connectivity index (χ1) is 9.69. The highest BCUT2D eigenvalue weighted by Gasteiger charge is 2.18. The number of ether oxygens (including phenoxy) is 2. The van der Waals surface area contributed by atoms with E-state index in [-0.39, 0.29) is 5.97 Å². The predicted octanol–water partition coefficient (Wildman–Crippen LogP) is 2.94. The van der Waals surface area contributed by atoms with Crippen molar-refractivity contribution in [1.82, 2.24) is 9.78 Å². The molecule has 0 spiro atoms. The molecular weight excluding hydrogens is 324 g/mol. The molecule has 1 aliphatic heterocycles. The number of methoxy groups -OCH3 is 1. The minimum atomic E-state index is -0.349. The van der Waals surface area contributed by atoms with Crippen molar-refractivity contribution in [2.75, 3.05) is 20.3 Å². The monoisotopic (exact) mass is 338 g/mol. The molecule has 1 saturated heterocycles. The molecule has 1 aromatic heterocycles. The Bertz CT molecular complexity index is 647. The van der Waals surface area contributed by atoms with Crippen LogP contribution in [0.5, 0.6) is 0 Å². The van der Waals surface area contributed by atoms with Crippen LogP contribution in [0.3, 0.4) is 0 Å². The smallest absolute Gasteiger partial charge is 0.339 e. The zero-order chi connectivity index (χ0) is 14.1. The summed E-state index contributed by atoms with van der Waals surface area (Å²) in [4.78, 5) is 11.7. The number of aromatic nitrogens is 2. The van der Waals surface area contributed by atoms with Crippen LogP contribution in [0.4, 0.5) is 0 Å². The van der Waals surface area contributed by atoms with Crippen LogP contribution in [0.25, 0.3) is 10.9 Å². The van der Waals surface area contributed by atoms with Crippen molar-refractivity contribution in [2.24, 2.45) is 0 Å². The normalized spacial score (nSPS) is 16.5. The molecule has 5 nitrogen and oxygen atoms in total. The van der Waals surface area contributed by atoms with Gasteiger partial charge in [-0.05, 0) is 40.9 Å². The second-order valence-electron chi connectivity index (χ2n) is 4.84. The molecule has 0 aliphatic carbocycles. The van der Waals surface area contributed by atoms with Crippen molar-refractivity contribution in [3.63, 3.8) is 0 Å². The fourth-order valence-corrected chi connectivity index (χ4v) is 2.96. The van der Waals surface area contributed by atoms with E-state index in [9.17, 15) is 4.79 Å². The zero-order valence-corrected chi connectivity index (χ0v) is 12.7. The number of hydrogen-bond acceptors (Lipinski definition) is 4. The third-order valence-electron chi connectivity index (χ3n) is 3.58. The van der Waals surface area contributed by atoms with Gasteiger partial charge in [0.2, 0.25) is 0 Å². The van der Waals surface area contributed by atoms with Crippen molar-refractivity contribution in [3.8, 4) is 0 Å². The summed E-state index contributed by atoms with van der Waals surface area (Å²) in [6, 6.07) is 4.04. The highest BCUT2D eigenvalue weighted by atomic mass is 79.9. The van der Waals surface area contributed by atoms with E-state index in [1.807, 2.05) is 23.0 Å². The summed E-state index contributed by atoms with van der Waals surface area (Å²) < 4.78 is 12.8. The number of rotatable bonds is 2. The van der Waals surface area contributed by atoms with E-state index >= 15 is 0 Å². The SMILES string of the molecule is COC(=O)c1cc2cn(C3CCOCC3)nc2cc1Br. The van der Waals surface area contributed by atoms with Gasteiger partial charge in [0.05, 0.1) is 24.2 Å². The van der Waals surface area contributed by atoms with Crippen LogP contribution in [0.2, 0.25) is 0 Å². The maximum Gasteiger partial charge on any atom is 0.339 e. The number of halogens is 1. The third-order valence-corrected chi connectivity index (χ3v) is 4.24. The second-order valence-corrected chi connectivity index (χ2v) is 5.69. The maximum atomic E-state index is 11.7. The Balaban J connectivity index is 2.00. The van der Waals surface area contributed by atoms with Gasteiger partial charge in [-0.2, -0.15) is 5.10 Å². The Morgan fingerprint density at radius 3 is 2.90 bits per heavy atom. The molecule has 106 valence electrons. The number of carbonyl (C=O) groups excluding carboxylic acids is 1. The Kier molecular flexibility index (Phi) is 3.76. The highest BCUT2D eigenvalue weighted by molar-refractivity contribution is 9.10. The summed E-state index contributed by atoms with van der Waals surface area (Å²) in [5, 5.41) is 5.55. The van der Waals surface area contributed by atoms with Crippen LogP contribution in [0, 0.1) is 0 Å². The molecule has 6 heteroatoms. The zero-order valence-electron chi connectivity index (χ0n) is 11.1. The molecule has 1 aromatic carbocycles. The van der Waals surface area contributed by atoms with Gasteiger partial charge in [-0.25, -0.2) is 4.79 Å². The van der Waals surface area contributed by atoms with Crippen LogP contribution >= 0.6 is 15.9 Å². The van der Waals surface area contributed by atoms with Gasteiger partial charge in [-0.1, -0.05) is 0 Å². The molecule has 2 aromatic rings. The van der Waals surface area contributed by atoms with Crippen LogP contribution in [0.1, 0.15) is 29.2 Å². The number of hydrogen-bond donors (Lipinski definition) is 0. The predicted molar refractivity (Wildman–Crippen MR) is 77.9 cm³/mol. The summed E-state index contributed by atoms with van der Waals surface area (Å²) >= 11 is 3.39. The van der Waals surface area contributed by atoms with Crippen molar-refractivity contribution >= 4 is 32.8 Å². The van der Waals surface area contributed by atoms with Gasteiger partial charge < -0.3 is 9.47 Å². The van der Waals surface area contributed by atoms with Gasteiger partial charge in [0.15, 0.2) is 0 Å². The van der Waals surface area contributed by atoms with Gasteiger partial charge in [0.1, 0.15) is 0 Å². The fraction of sp³-hybridized carbons (Fsp3) is 0.429. The lowest BCUT2D eigenvalue weighted by molar-refractivity contribution is 0.0600. The average Bonchev–Trinajstić information content (AvgIpc) is 2.89. The first-order valence-corrected chi connectivity index (χ1v) is 7.33. The van der Waals surface area contributed by atoms with Gasteiger partial charge in [-0.15, -0.1) is 0 Å². The third kappa shape index (κ3) is 2.45. The molecule has 0 saturated carbocycles. The standard InChI is InChI=1S/C14H15BrN2O3/c1-19-14(18)11-6-9-8-17(10-2-4-20-5-3-10)16-13(9)7-12(11)15/h6-8,10H,2-5H2,1H3. The summed E-state index contributed by atoms with van der Waals surface area (Å²) in [6.45, 7) is 1.55. The lowest BCUT2D eigenvalue weighted by atomic mass is 10.1. The first-order valence-electron chi connectivity index (χ1n) is 6.53. The van der Waals surface area contributed by atoms with Crippen molar-refractivity contribution in [3.05, 3.63) is 28.4 Å². The molecule has 1 fully saturated rings. The Morgan fingerprint density at radius 1 is 1.45 bits per heavy atom. The lowest BCUT2D eigenvalue weighted by Gasteiger charge is -2.22.